The van der Waals surface area contributed by atoms with Crippen molar-refractivity contribution in [2.24, 2.45) is 0 Å². The van der Waals surface area contributed by atoms with Crippen LogP contribution in [0.5, 0.6) is 0 Å². The Morgan fingerprint density at radius 1 is 1.30 bits per heavy atom. The normalized spacial score (nSPS) is 11.7. The van der Waals surface area contributed by atoms with Crippen LogP contribution in [-0.2, 0) is 9.59 Å². The summed E-state index contributed by atoms with van der Waals surface area (Å²) in [5, 5.41) is 25.2. The standard InChI is InChI=1S/C11H13N3O6/c1-4-5(2)13-14-10(18)8(4)9(17)12-6(11(19)20)3-7(15)16/h6H,3H2,1-2H3,(H,12,17)(H,14,18)(H,15,16)(H,19,20). The molecule has 108 valence electrons. The summed E-state index contributed by atoms with van der Waals surface area (Å²) in [6, 6.07) is -1.62. The van der Waals surface area contributed by atoms with Gasteiger partial charge in [-0.3, -0.25) is 14.4 Å². The lowest BCUT2D eigenvalue weighted by Crippen LogP contribution is -2.44. The fourth-order valence-corrected chi connectivity index (χ4v) is 1.50. The smallest absolute Gasteiger partial charge is 0.326 e. The van der Waals surface area contributed by atoms with Crippen LogP contribution in [0.15, 0.2) is 4.79 Å². The van der Waals surface area contributed by atoms with Crippen molar-refractivity contribution < 1.29 is 24.6 Å². The molecule has 1 unspecified atom stereocenters. The van der Waals surface area contributed by atoms with Crippen molar-refractivity contribution in [3.8, 4) is 0 Å². The molecule has 0 aliphatic rings. The summed E-state index contributed by atoms with van der Waals surface area (Å²) >= 11 is 0. The van der Waals surface area contributed by atoms with Gasteiger partial charge in [0.05, 0.1) is 12.1 Å². The van der Waals surface area contributed by atoms with Gasteiger partial charge in [-0.25, -0.2) is 9.89 Å². The van der Waals surface area contributed by atoms with Crippen molar-refractivity contribution in [3.63, 3.8) is 0 Å². The minimum absolute atomic E-state index is 0.283. The number of carbonyl (C=O) groups is 3. The van der Waals surface area contributed by atoms with E-state index in [1.54, 1.807) is 6.92 Å². The average Bonchev–Trinajstić information content (AvgIpc) is 2.33. The number of carboxylic acids is 2. The Bertz CT molecular complexity index is 621. The number of aromatic amines is 1. The van der Waals surface area contributed by atoms with Crippen LogP contribution in [0, 0.1) is 13.8 Å². The molecule has 0 bridgehead atoms. The van der Waals surface area contributed by atoms with Crippen molar-refractivity contribution in [2.45, 2.75) is 26.3 Å². The third-order valence-corrected chi connectivity index (χ3v) is 2.68. The van der Waals surface area contributed by atoms with Crippen LogP contribution in [0.25, 0.3) is 0 Å². The fourth-order valence-electron chi connectivity index (χ4n) is 1.50. The van der Waals surface area contributed by atoms with Crippen molar-refractivity contribution in [1.82, 2.24) is 15.5 Å². The highest BCUT2D eigenvalue weighted by Gasteiger charge is 2.26. The van der Waals surface area contributed by atoms with Gasteiger partial charge in [-0.05, 0) is 19.4 Å². The molecule has 1 amide bonds. The van der Waals surface area contributed by atoms with Crippen molar-refractivity contribution >= 4 is 17.8 Å². The van der Waals surface area contributed by atoms with Gasteiger partial charge in [-0.15, -0.1) is 0 Å². The van der Waals surface area contributed by atoms with Gasteiger partial charge >= 0.3 is 11.9 Å². The summed E-state index contributed by atoms with van der Waals surface area (Å²) in [4.78, 5) is 44.9. The SMILES string of the molecule is Cc1n[nH]c(=O)c(C(=O)NC(CC(=O)O)C(=O)O)c1C. The van der Waals surface area contributed by atoms with Crippen LogP contribution in [0.3, 0.4) is 0 Å². The quantitative estimate of drug-likeness (QED) is 0.543. The predicted molar refractivity (Wildman–Crippen MR) is 65.5 cm³/mol. The maximum atomic E-state index is 11.9. The largest absolute Gasteiger partial charge is 0.481 e. The fraction of sp³-hybridized carbons (Fsp3) is 0.364. The Morgan fingerprint density at radius 3 is 2.40 bits per heavy atom. The van der Waals surface area contributed by atoms with E-state index >= 15 is 0 Å². The van der Waals surface area contributed by atoms with E-state index in [1.807, 2.05) is 5.32 Å². The van der Waals surface area contributed by atoms with Crippen molar-refractivity contribution in [2.75, 3.05) is 0 Å². The number of carbonyl (C=O) groups excluding carboxylic acids is 1. The van der Waals surface area contributed by atoms with Crippen LogP contribution in [0.4, 0.5) is 0 Å². The zero-order valence-electron chi connectivity index (χ0n) is 10.8. The van der Waals surface area contributed by atoms with Gasteiger partial charge in [-0.1, -0.05) is 0 Å². The highest BCUT2D eigenvalue weighted by atomic mass is 16.4. The Morgan fingerprint density at radius 2 is 1.90 bits per heavy atom. The minimum atomic E-state index is -1.62. The number of aromatic nitrogens is 2. The van der Waals surface area contributed by atoms with Gasteiger partial charge in [0.2, 0.25) is 0 Å². The summed E-state index contributed by atoms with van der Waals surface area (Å²) in [5.74, 6) is -3.84. The molecule has 0 saturated carbocycles. The molecule has 0 aliphatic heterocycles. The van der Waals surface area contributed by atoms with E-state index in [0.29, 0.717) is 11.3 Å². The second-order valence-corrected chi connectivity index (χ2v) is 4.10. The number of aliphatic carboxylic acids is 2. The lowest BCUT2D eigenvalue weighted by molar-refractivity contribution is -0.145. The highest BCUT2D eigenvalue weighted by molar-refractivity contribution is 5.98. The van der Waals surface area contributed by atoms with E-state index in [4.69, 9.17) is 10.2 Å². The van der Waals surface area contributed by atoms with E-state index in [2.05, 4.69) is 10.2 Å². The molecule has 20 heavy (non-hydrogen) atoms. The number of hydrogen-bond donors (Lipinski definition) is 4. The zero-order valence-corrected chi connectivity index (χ0v) is 10.8. The first kappa shape index (κ1) is 15.3. The molecule has 9 heteroatoms. The molecule has 1 aromatic rings. The van der Waals surface area contributed by atoms with Gasteiger partial charge in [0.1, 0.15) is 11.6 Å². The van der Waals surface area contributed by atoms with Crippen LogP contribution in [0.2, 0.25) is 0 Å². The van der Waals surface area contributed by atoms with Crippen molar-refractivity contribution in [3.05, 3.63) is 27.2 Å². The van der Waals surface area contributed by atoms with E-state index in [0.717, 1.165) is 0 Å². The molecule has 4 N–H and O–H groups in total. The number of carboxylic acid groups (broad SMARTS) is 2. The third-order valence-electron chi connectivity index (χ3n) is 2.68. The summed E-state index contributed by atoms with van der Waals surface area (Å²) in [7, 11) is 0. The first-order valence-electron chi connectivity index (χ1n) is 5.55. The molecule has 0 spiro atoms. The van der Waals surface area contributed by atoms with Crippen LogP contribution >= 0.6 is 0 Å². The molecule has 0 saturated heterocycles. The van der Waals surface area contributed by atoms with E-state index in [1.165, 1.54) is 6.92 Å². The Kier molecular flexibility index (Phi) is 4.57. The third kappa shape index (κ3) is 3.40. The summed E-state index contributed by atoms with van der Waals surface area (Å²) < 4.78 is 0. The minimum Gasteiger partial charge on any atom is -0.481 e. The maximum Gasteiger partial charge on any atom is 0.326 e. The Labute approximate surface area is 112 Å². The molecule has 0 fully saturated rings. The molecule has 0 aromatic carbocycles. The molecule has 0 aliphatic carbocycles. The van der Waals surface area contributed by atoms with Gasteiger partial charge in [0, 0.05) is 0 Å². The topological polar surface area (TPSA) is 149 Å². The highest BCUT2D eigenvalue weighted by Crippen LogP contribution is 2.05. The van der Waals surface area contributed by atoms with Crippen LogP contribution < -0.4 is 10.9 Å². The molecular weight excluding hydrogens is 270 g/mol. The second kappa shape index (κ2) is 5.95. The van der Waals surface area contributed by atoms with Gasteiger partial charge in [0.15, 0.2) is 0 Å². The van der Waals surface area contributed by atoms with Crippen LogP contribution in [-0.4, -0.2) is 44.3 Å². The Hall–Kier alpha value is -2.71. The van der Waals surface area contributed by atoms with E-state index in [-0.39, 0.29) is 5.56 Å². The molecule has 9 nitrogen and oxygen atoms in total. The summed E-state index contributed by atoms with van der Waals surface area (Å²) in [6.45, 7) is 3.05. The number of rotatable bonds is 5. The van der Waals surface area contributed by atoms with Gasteiger partial charge < -0.3 is 15.5 Å². The van der Waals surface area contributed by atoms with Gasteiger partial charge in [0.25, 0.3) is 11.5 Å². The number of nitrogens with one attached hydrogen (secondary N) is 2. The number of amides is 1. The monoisotopic (exact) mass is 283 g/mol. The zero-order chi connectivity index (χ0) is 15.4. The first-order chi connectivity index (χ1) is 9.23. The Balaban J connectivity index is 3.07. The van der Waals surface area contributed by atoms with Crippen molar-refractivity contribution in [1.29, 1.82) is 0 Å². The predicted octanol–water partition coefficient (Wildman–Crippen LogP) is -0.956. The first-order valence-corrected chi connectivity index (χ1v) is 5.55. The number of nitrogens with zero attached hydrogens (tertiary/aromatic N) is 1. The molecule has 1 atom stereocenters. The number of H-pyrrole nitrogens is 1. The number of aryl methyl sites for hydroxylation is 1. The van der Waals surface area contributed by atoms with E-state index < -0.39 is 35.9 Å². The summed E-state index contributed by atoms with van der Waals surface area (Å²) in [5.41, 5.74) is -0.357. The molecule has 1 aromatic heterocycles. The number of hydrogen-bond acceptors (Lipinski definition) is 5. The molecule has 1 rings (SSSR count). The lowest BCUT2D eigenvalue weighted by Gasteiger charge is -2.13. The van der Waals surface area contributed by atoms with Gasteiger partial charge in [-0.2, -0.15) is 5.10 Å². The molecule has 1 heterocycles. The maximum absolute atomic E-state index is 11.9. The van der Waals surface area contributed by atoms with Crippen LogP contribution in [0.1, 0.15) is 28.0 Å². The molecular formula is C11H13N3O6. The second-order valence-electron chi connectivity index (χ2n) is 4.10. The molecule has 0 radical (unpaired) electrons. The van der Waals surface area contributed by atoms with E-state index in [9.17, 15) is 19.2 Å². The average molecular weight is 283 g/mol. The summed E-state index contributed by atoms with van der Waals surface area (Å²) in [6.07, 6.45) is -0.790. The lowest BCUT2D eigenvalue weighted by atomic mass is 10.1.